The smallest absolute Gasteiger partial charge is 0.138 e. The number of fused-ring (bicyclic) bond motifs is 1. The Labute approximate surface area is 96.7 Å². The van der Waals surface area contributed by atoms with Crippen LogP contribution in [0.1, 0.15) is 25.1 Å². The third kappa shape index (κ3) is 1.66. The summed E-state index contributed by atoms with van der Waals surface area (Å²) < 4.78 is 2.19. The molecular formula is C13H19N3. The lowest BCUT2D eigenvalue weighted by atomic mass is 10.3. The van der Waals surface area contributed by atoms with E-state index in [0.29, 0.717) is 0 Å². The summed E-state index contributed by atoms with van der Waals surface area (Å²) in [5.74, 6) is 1.23. The number of nitrogens with zero attached hydrogens (tertiary/aromatic N) is 3. The first kappa shape index (κ1) is 11.0. The molecule has 0 aliphatic heterocycles. The number of aryl methyl sites for hydroxylation is 2. The van der Waals surface area contributed by atoms with E-state index in [9.17, 15) is 0 Å². The summed E-state index contributed by atoms with van der Waals surface area (Å²) in [6.07, 6.45) is 3.13. The molecule has 2 aromatic heterocycles. The first-order valence-electron chi connectivity index (χ1n) is 5.86. The van der Waals surface area contributed by atoms with Gasteiger partial charge in [0.05, 0.1) is 5.69 Å². The Balaban J connectivity index is 2.70. The van der Waals surface area contributed by atoms with Crippen molar-refractivity contribution in [3.63, 3.8) is 0 Å². The lowest BCUT2D eigenvalue weighted by Gasteiger charge is -2.17. The van der Waals surface area contributed by atoms with Crippen molar-refractivity contribution in [3.05, 3.63) is 29.6 Å². The van der Waals surface area contributed by atoms with Gasteiger partial charge in [-0.1, -0.05) is 13.0 Å². The van der Waals surface area contributed by atoms with Gasteiger partial charge in [0.2, 0.25) is 0 Å². The molecule has 0 saturated carbocycles. The van der Waals surface area contributed by atoms with Gasteiger partial charge >= 0.3 is 0 Å². The molecule has 0 amide bonds. The van der Waals surface area contributed by atoms with E-state index in [0.717, 1.165) is 18.6 Å². The highest BCUT2D eigenvalue weighted by atomic mass is 15.2. The molecule has 0 spiro atoms. The molecule has 0 fully saturated rings. The second-order valence-electron chi connectivity index (χ2n) is 4.18. The van der Waals surface area contributed by atoms with E-state index in [2.05, 4.69) is 60.4 Å². The standard InChI is InChI=1S/C13H19N3/c1-5-11-13(15(4)6-2)16-9-10(3)7-8-12(16)14-11/h7-9H,5-6H2,1-4H3. The normalized spacial score (nSPS) is 11.0. The highest BCUT2D eigenvalue weighted by Gasteiger charge is 2.13. The van der Waals surface area contributed by atoms with E-state index >= 15 is 0 Å². The summed E-state index contributed by atoms with van der Waals surface area (Å²) in [4.78, 5) is 6.91. The molecule has 2 heterocycles. The van der Waals surface area contributed by atoms with Crippen LogP contribution in [0.15, 0.2) is 18.3 Å². The fourth-order valence-electron chi connectivity index (χ4n) is 1.98. The second kappa shape index (κ2) is 4.16. The lowest BCUT2D eigenvalue weighted by molar-refractivity contribution is 0.904. The Kier molecular flexibility index (Phi) is 2.86. The summed E-state index contributed by atoms with van der Waals surface area (Å²) >= 11 is 0. The predicted molar refractivity (Wildman–Crippen MR) is 68.3 cm³/mol. The highest BCUT2D eigenvalue weighted by molar-refractivity contribution is 5.57. The van der Waals surface area contributed by atoms with Crippen LogP contribution in [-0.4, -0.2) is 23.0 Å². The molecule has 0 aliphatic rings. The van der Waals surface area contributed by atoms with E-state index in [-0.39, 0.29) is 0 Å². The number of anilines is 1. The minimum Gasteiger partial charge on any atom is -0.360 e. The first-order valence-corrected chi connectivity index (χ1v) is 5.86. The average Bonchev–Trinajstić information content (AvgIpc) is 2.65. The van der Waals surface area contributed by atoms with Crippen molar-refractivity contribution in [1.82, 2.24) is 9.38 Å². The SMILES string of the molecule is CCc1nc2ccc(C)cn2c1N(C)CC. The molecule has 86 valence electrons. The zero-order valence-corrected chi connectivity index (χ0v) is 10.5. The molecule has 2 aromatic rings. The quantitative estimate of drug-likeness (QED) is 0.788. The van der Waals surface area contributed by atoms with Crippen molar-refractivity contribution < 1.29 is 0 Å². The monoisotopic (exact) mass is 217 g/mol. The van der Waals surface area contributed by atoms with Crippen molar-refractivity contribution in [1.29, 1.82) is 0 Å². The predicted octanol–water partition coefficient (Wildman–Crippen LogP) is 2.66. The van der Waals surface area contributed by atoms with E-state index in [1.807, 2.05) is 0 Å². The van der Waals surface area contributed by atoms with Gasteiger partial charge in [0, 0.05) is 19.8 Å². The van der Waals surface area contributed by atoms with Crippen LogP contribution in [0.2, 0.25) is 0 Å². The molecule has 0 N–H and O–H groups in total. The van der Waals surface area contributed by atoms with Gasteiger partial charge in [0.15, 0.2) is 0 Å². The van der Waals surface area contributed by atoms with Gasteiger partial charge < -0.3 is 4.90 Å². The van der Waals surface area contributed by atoms with Crippen molar-refractivity contribution in [2.75, 3.05) is 18.5 Å². The number of pyridine rings is 1. The Hall–Kier alpha value is -1.51. The van der Waals surface area contributed by atoms with Gasteiger partial charge in [0.25, 0.3) is 0 Å². The van der Waals surface area contributed by atoms with Crippen LogP contribution in [0.4, 0.5) is 5.82 Å². The highest BCUT2D eigenvalue weighted by Crippen LogP contribution is 2.22. The number of aromatic nitrogens is 2. The van der Waals surface area contributed by atoms with Crippen LogP contribution in [0, 0.1) is 6.92 Å². The maximum Gasteiger partial charge on any atom is 0.138 e. The fraction of sp³-hybridized carbons (Fsp3) is 0.462. The van der Waals surface area contributed by atoms with Crippen LogP contribution >= 0.6 is 0 Å². The third-order valence-corrected chi connectivity index (χ3v) is 2.98. The zero-order chi connectivity index (χ0) is 11.7. The van der Waals surface area contributed by atoms with Crippen LogP contribution < -0.4 is 4.90 Å². The summed E-state index contributed by atoms with van der Waals surface area (Å²) in [6, 6.07) is 4.19. The molecule has 0 aliphatic carbocycles. The van der Waals surface area contributed by atoms with E-state index in [1.54, 1.807) is 0 Å². The number of rotatable bonds is 3. The lowest BCUT2D eigenvalue weighted by Crippen LogP contribution is -2.19. The van der Waals surface area contributed by atoms with Crippen LogP contribution in [0.25, 0.3) is 5.65 Å². The third-order valence-electron chi connectivity index (χ3n) is 2.98. The van der Waals surface area contributed by atoms with Crippen molar-refractivity contribution in [2.45, 2.75) is 27.2 Å². The van der Waals surface area contributed by atoms with E-state index in [4.69, 9.17) is 0 Å². The molecule has 3 heteroatoms. The van der Waals surface area contributed by atoms with Gasteiger partial charge in [-0.15, -0.1) is 0 Å². The molecule has 0 bridgehead atoms. The second-order valence-corrected chi connectivity index (χ2v) is 4.18. The minimum absolute atomic E-state index is 0.973. The van der Waals surface area contributed by atoms with Crippen LogP contribution in [-0.2, 0) is 6.42 Å². The van der Waals surface area contributed by atoms with Gasteiger partial charge in [-0.25, -0.2) is 4.98 Å². The summed E-state index contributed by atoms with van der Waals surface area (Å²) in [5, 5.41) is 0. The summed E-state index contributed by atoms with van der Waals surface area (Å²) in [6.45, 7) is 7.42. The van der Waals surface area contributed by atoms with E-state index in [1.165, 1.54) is 17.1 Å². The Morgan fingerprint density at radius 2 is 2.06 bits per heavy atom. The molecule has 0 saturated heterocycles. The Bertz CT molecular complexity index is 499. The fourth-order valence-corrected chi connectivity index (χ4v) is 1.98. The molecular weight excluding hydrogens is 198 g/mol. The van der Waals surface area contributed by atoms with Crippen LogP contribution in [0.3, 0.4) is 0 Å². The largest absolute Gasteiger partial charge is 0.360 e. The van der Waals surface area contributed by atoms with E-state index < -0.39 is 0 Å². The van der Waals surface area contributed by atoms with Crippen molar-refractivity contribution in [3.8, 4) is 0 Å². The van der Waals surface area contributed by atoms with Gasteiger partial charge in [-0.05, 0) is 31.9 Å². The molecule has 3 nitrogen and oxygen atoms in total. The topological polar surface area (TPSA) is 20.5 Å². The maximum absolute atomic E-state index is 4.66. The Morgan fingerprint density at radius 3 is 2.69 bits per heavy atom. The van der Waals surface area contributed by atoms with Gasteiger partial charge in [0.1, 0.15) is 11.5 Å². The van der Waals surface area contributed by atoms with Gasteiger partial charge in [-0.2, -0.15) is 0 Å². The van der Waals surface area contributed by atoms with Crippen molar-refractivity contribution >= 4 is 11.5 Å². The van der Waals surface area contributed by atoms with Crippen LogP contribution in [0.5, 0.6) is 0 Å². The maximum atomic E-state index is 4.66. The number of imidazole rings is 1. The molecule has 16 heavy (non-hydrogen) atoms. The molecule has 0 atom stereocenters. The van der Waals surface area contributed by atoms with Crippen molar-refractivity contribution in [2.24, 2.45) is 0 Å². The molecule has 0 radical (unpaired) electrons. The Morgan fingerprint density at radius 1 is 1.31 bits per heavy atom. The molecule has 2 rings (SSSR count). The number of hydrogen-bond donors (Lipinski definition) is 0. The summed E-state index contributed by atoms with van der Waals surface area (Å²) in [5.41, 5.74) is 3.48. The molecule has 0 unspecified atom stereocenters. The zero-order valence-electron chi connectivity index (χ0n) is 10.5. The average molecular weight is 217 g/mol. The minimum atomic E-state index is 0.973. The molecule has 0 aromatic carbocycles. The number of hydrogen-bond acceptors (Lipinski definition) is 2. The summed E-state index contributed by atoms with van der Waals surface area (Å²) in [7, 11) is 2.12. The van der Waals surface area contributed by atoms with Gasteiger partial charge in [-0.3, -0.25) is 4.40 Å². The first-order chi connectivity index (χ1) is 7.67.